The molecule has 2 heterocycles. The van der Waals surface area contributed by atoms with Gasteiger partial charge in [-0.2, -0.15) is 0 Å². The molecule has 3 aromatic rings. The number of alkyl halides is 3. The number of imidazole rings is 1. The largest absolute Gasteiger partial charge is 0.573 e. The summed E-state index contributed by atoms with van der Waals surface area (Å²) in [7, 11) is 0. The first kappa shape index (κ1) is 29.4. The van der Waals surface area contributed by atoms with Crippen molar-refractivity contribution in [3.63, 3.8) is 0 Å². The van der Waals surface area contributed by atoms with Crippen molar-refractivity contribution >= 4 is 23.1 Å². The molecule has 2 aromatic carbocycles. The lowest BCUT2D eigenvalue weighted by Crippen LogP contribution is -2.36. The summed E-state index contributed by atoms with van der Waals surface area (Å²) in [5, 5.41) is 21.0. The topological polar surface area (TPSA) is 112 Å². The Morgan fingerprint density at radius 3 is 2.35 bits per heavy atom. The molecule has 0 amide bonds. The molecular formula is C26H28ClF3N4O6. The third-order valence-corrected chi connectivity index (χ3v) is 6.64. The van der Waals surface area contributed by atoms with Crippen molar-refractivity contribution in [1.29, 1.82) is 0 Å². The highest BCUT2D eigenvalue weighted by Crippen LogP contribution is 2.26. The molecule has 1 atom stereocenters. The van der Waals surface area contributed by atoms with Crippen LogP contribution in [0.5, 0.6) is 11.5 Å². The lowest BCUT2D eigenvalue weighted by molar-refractivity contribution is -0.389. The highest BCUT2D eigenvalue weighted by molar-refractivity contribution is 6.28. The van der Waals surface area contributed by atoms with Gasteiger partial charge in [0.25, 0.3) is 0 Å². The molecule has 1 aliphatic rings. The Morgan fingerprint density at radius 1 is 1.10 bits per heavy atom. The van der Waals surface area contributed by atoms with Crippen molar-refractivity contribution in [2.75, 3.05) is 24.6 Å². The zero-order valence-corrected chi connectivity index (χ0v) is 22.1. The van der Waals surface area contributed by atoms with E-state index in [0.717, 1.165) is 37.2 Å². The SMILES string of the molecule is O=[N+]([O-])c1cn(CCC(O)COc2ccc(N3CCC(OCc4ccc(OC(F)(F)F)cc4)CC3)cc2)c(Cl)n1. The molecule has 216 valence electrons. The number of hydrogen-bond donors (Lipinski definition) is 1. The van der Waals surface area contributed by atoms with Crippen molar-refractivity contribution in [2.24, 2.45) is 0 Å². The van der Waals surface area contributed by atoms with Crippen LogP contribution in [0.4, 0.5) is 24.7 Å². The average molecular weight is 585 g/mol. The molecule has 14 heteroatoms. The van der Waals surface area contributed by atoms with Gasteiger partial charge < -0.3 is 34.3 Å². The Hall–Kier alpha value is -3.55. The second-order valence-electron chi connectivity index (χ2n) is 9.26. The molecule has 0 bridgehead atoms. The van der Waals surface area contributed by atoms with E-state index in [2.05, 4.69) is 14.6 Å². The highest BCUT2D eigenvalue weighted by atomic mass is 35.5. The van der Waals surface area contributed by atoms with Crippen molar-refractivity contribution in [2.45, 2.75) is 51.0 Å². The quantitative estimate of drug-likeness (QED) is 0.224. The van der Waals surface area contributed by atoms with Gasteiger partial charge in [-0.3, -0.25) is 4.57 Å². The minimum absolute atomic E-state index is 0.0147. The summed E-state index contributed by atoms with van der Waals surface area (Å²) in [5.41, 5.74) is 1.80. The van der Waals surface area contributed by atoms with E-state index < -0.39 is 17.4 Å². The van der Waals surface area contributed by atoms with Crippen molar-refractivity contribution < 1.29 is 37.4 Å². The van der Waals surface area contributed by atoms with Gasteiger partial charge in [-0.1, -0.05) is 12.1 Å². The van der Waals surface area contributed by atoms with Gasteiger partial charge in [-0.15, -0.1) is 13.2 Å². The van der Waals surface area contributed by atoms with Crippen LogP contribution in [-0.2, 0) is 17.9 Å². The zero-order valence-electron chi connectivity index (χ0n) is 21.3. The fourth-order valence-corrected chi connectivity index (χ4v) is 4.44. The van der Waals surface area contributed by atoms with E-state index in [4.69, 9.17) is 21.1 Å². The van der Waals surface area contributed by atoms with E-state index in [1.165, 1.54) is 22.9 Å². The molecule has 1 fully saturated rings. The first-order valence-corrected chi connectivity index (χ1v) is 12.9. The molecule has 0 spiro atoms. The van der Waals surface area contributed by atoms with Crippen LogP contribution in [0.15, 0.2) is 54.7 Å². The van der Waals surface area contributed by atoms with Gasteiger partial charge >= 0.3 is 17.5 Å². The standard InChI is InChI=1S/C26H28ClF3N4O6/c27-25-31-24(34(36)37)15-33(25)12-9-20(35)17-39-21-7-3-19(4-8-21)32-13-10-22(11-14-32)38-16-18-1-5-23(6-2-18)40-26(28,29)30/h1-8,15,20,22,35H,9-14,16-17H2. The summed E-state index contributed by atoms with van der Waals surface area (Å²) in [6.45, 7) is 2.19. The Balaban J connectivity index is 1.15. The van der Waals surface area contributed by atoms with Crippen molar-refractivity contribution in [3.05, 3.63) is 75.7 Å². The third-order valence-electron chi connectivity index (χ3n) is 6.33. The van der Waals surface area contributed by atoms with Crippen LogP contribution in [0, 0.1) is 10.1 Å². The molecule has 1 N–H and O–H groups in total. The molecule has 0 radical (unpaired) electrons. The first-order valence-electron chi connectivity index (χ1n) is 12.5. The summed E-state index contributed by atoms with van der Waals surface area (Å²) in [6, 6.07) is 13.2. The van der Waals surface area contributed by atoms with E-state index in [1.807, 2.05) is 24.3 Å². The van der Waals surface area contributed by atoms with E-state index in [0.29, 0.717) is 12.4 Å². The van der Waals surface area contributed by atoms with Gasteiger partial charge in [0.2, 0.25) is 0 Å². The van der Waals surface area contributed by atoms with Crippen molar-refractivity contribution in [1.82, 2.24) is 9.55 Å². The number of nitrogens with zero attached hydrogens (tertiary/aromatic N) is 4. The van der Waals surface area contributed by atoms with E-state index in [9.17, 15) is 28.4 Å². The van der Waals surface area contributed by atoms with Crippen LogP contribution >= 0.6 is 11.6 Å². The van der Waals surface area contributed by atoms with Crippen LogP contribution < -0.4 is 14.4 Å². The lowest BCUT2D eigenvalue weighted by atomic mass is 10.1. The number of aliphatic hydroxyl groups excluding tert-OH is 1. The number of hydrogen-bond acceptors (Lipinski definition) is 8. The second-order valence-corrected chi connectivity index (χ2v) is 9.59. The monoisotopic (exact) mass is 584 g/mol. The van der Waals surface area contributed by atoms with E-state index >= 15 is 0 Å². The second kappa shape index (κ2) is 13.2. The molecule has 1 unspecified atom stereocenters. The van der Waals surface area contributed by atoms with Gasteiger partial charge in [-0.25, -0.2) is 0 Å². The fraction of sp³-hybridized carbons (Fsp3) is 0.423. The number of halogens is 4. The molecule has 10 nitrogen and oxygen atoms in total. The van der Waals surface area contributed by atoms with Crippen molar-refractivity contribution in [3.8, 4) is 11.5 Å². The molecule has 1 aliphatic heterocycles. The number of benzene rings is 2. The molecule has 0 aliphatic carbocycles. The van der Waals surface area contributed by atoms with Crippen LogP contribution in [0.2, 0.25) is 5.28 Å². The lowest BCUT2D eigenvalue weighted by Gasteiger charge is -2.33. The minimum atomic E-state index is -4.71. The van der Waals surface area contributed by atoms with Gasteiger partial charge in [0.05, 0.1) is 18.8 Å². The number of ether oxygens (including phenoxy) is 3. The van der Waals surface area contributed by atoms with Gasteiger partial charge in [-0.05, 0) is 82.7 Å². The maximum atomic E-state index is 12.3. The maximum Gasteiger partial charge on any atom is 0.573 e. The van der Waals surface area contributed by atoms with Crippen LogP contribution in [0.25, 0.3) is 0 Å². The Kier molecular flexibility index (Phi) is 9.71. The normalized spacial score (nSPS) is 15.2. The van der Waals surface area contributed by atoms with E-state index in [-0.39, 0.29) is 42.5 Å². The fourth-order valence-electron chi connectivity index (χ4n) is 4.22. The summed E-state index contributed by atoms with van der Waals surface area (Å²) in [6.07, 6.45) is -2.34. The number of nitro groups is 1. The number of aryl methyl sites for hydroxylation is 1. The van der Waals surface area contributed by atoms with Crippen LogP contribution in [-0.4, -0.2) is 57.8 Å². The highest BCUT2D eigenvalue weighted by Gasteiger charge is 2.31. The van der Waals surface area contributed by atoms with Gasteiger partial charge in [0, 0.05) is 25.3 Å². The number of aliphatic hydroxyl groups is 1. The van der Waals surface area contributed by atoms with Crippen LogP contribution in [0.1, 0.15) is 24.8 Å². The molecule has 40 heavy (non-hydrogen) atoms. The third kappa shape index (κ3) is 8.73. The predicted molar refractivity (Wildman–Crippen MR) is 140 cm³/mol. The average Bonchev–Trinajstić information content (AvgIpc) is 3.31. The Bertz CT molecular complexity index is 1250. The maximum absolute atomic E-state index is 12.3. The molecule has 1 saturated heterocycles. The molecule has 0 saturated carbocycles. The summed E-state index contributed by atoms with van der Waals surface area (Å²) < 4.78 is 53.8. The number of aromatic nitrogens is 2. The van der Waals surface area contributed by atoms with Gasteiger partial charge in [0.15, 0.2) is 0 Å². The summed E-state index contributed by atoms with van der Waals surface area (Å²) in [4.78, 5) is 16.0. The van der Waals surface area contributed by atoms with Gasteiger partial charge in [0.1, 0.15) is 24.3 Å². The number of anilines is 1. The molecule has 1 aromatic heterocycles. The zero-order chi connectivity index (χ0) is 28.7. The predicted octanol–water partition coefficient (Wildman–Crippen LogP) is 5.36. The Morgan fingerprint density at radius 2 is 1.75 bits per heavy atom. The molecule has 4 rings (SSSR count). The first-order chi connectivity index (χ1) is 19.1. The molecular weight excluding hydrogens is 557 g/mol. The summed E-state index contributed by atoms with van der Waals surface area (Å²) in [5.74, 6) is -0.00752. The smallest absolute Gasteiger partial charge is 0.491 e. The number of piperidine rings is 1. The van der Waals surface area contributed by atoms with Crippen LogP contribution in [0.3, 0.4) is 0 Å². The number of rotatable bonds is 12. The Labute approximate surface area is 233 Å². The van der Waals surface area contributed by atoms with E-state index in [1.54, 1.807) is 12.1 Å². The minimum Gasteiger partial charge on any atom is -0.491 e. The summed E-state index contributed by atoms with van der Waals surface area (Å²) >= 11 is 5.89.